The first kappa shape index (κ1) is 17.3. The van der Waals surface area contributed by atoms with Gasteiger partial charge in [-0.1, -0.05) is 23.7 Å². The highest BCUT2D eigenvalue weighted by Crippen LogP contribution is 2.25. The van der Waals surface area contributed by atoms with Crippen molar-refractivity contribution >= 4 is 34.7 Å². The summed E-state index contributed by atoms with van der Waals surface area (Å²) in [5.74, 6) is -0.0261. The van der Waals surface area contributed by atoms with Crippen LogP contribution >= 0.6 is 22.9 Å². The molecule has 0 saturated carbocycles. The van der Waals surface area contributed by atoms with E-state index in [0.29, 0.717) is 22.0 Å². The number of ether oxygens (including phenoxy) is 1. The number of ketones is 1. The van der Waals surface area contributed by atoms with Crippen LogP contribution in [0.2, 0.25) is 5.02 Å². The molecule has 0 unspecified atom stereocenters. The zero-order valence-corrected chi connectivity index (χ0v) is 14.9. The highest BCUT2D eigenvalue weighted by atomic mass is 35.5. The standard InChI is InChI=1S/C19H14ClNO3S/c1-12(22)13-4-8-17(9-5-13)24-18(23)10-16-11-25-19(21-16)14-2-6-15(20)7-3-14/h2-9,11H,10H2,1H3. The van der Waals surface area contributed by atoms with E-state index in [-0.39, 0.29) is 12.2 Å². The van der Waals surface area contributed by atoms with Crippen LogP contribution < -0.4 is 4.74 Å². The summed E-state index contributed by atoms with van der Waals surface area (Å²) in [5, 5.41) is 3.33. The molecule has 2 aromatic carbocycles. The molecular formula is C19H14ClNO3S. The number of carbonyl (C=O) groups is 2. The molecule has 0 bridgehead atoms. The van der Waals surface area contributed by atoms with Gasteiger partial charge in [-0.2, -0.15) is 0 Å². The molecule has 0 fully saturated rings. The quantitative estimate of drug-likeness (QED) is 0.366. The van der Waals surface area contributed by atoms with Crippen molar-refractivity contribution in [1.82, 2.24) is 4.98 Å². The number of hydrogen-bond acceptors (Lipinski definition) is 5. The van der Waals surface area contributed by atoms with Gasteiger partial charge in [0.15, 0.2) is 5.78 Å². The molecule has 0 aliphatic heterocycles. The fourth-order valence-corrected chi connectivity index (χ4v) is 3.14. The van der Waals surface area contributed by atoms with Gasteiger partial charge in [0, 0.05) is 21.5 Å². The van der Waals surface area contributed by atoms with E-state index in [1.54, 1.807) is 36.4 Å². The first-order chi connectivity index (χ1) is 12.0. The molecule has 0 aliphatic rings. The van der Waals surface area contributed by atoms with Crippen molar-refractivity contribution in [2.45, 2.75) is 13.3 Å². The summed E-state index contributed by atoms with van der Waals surface area (Å²) in [6.07, 6.45) is 0.0819. The molecule has 1 aromatic heterocycles. The third-order valence-electron chi connectivity index (χ3n) is 3.46. The zero-order chi connectivity index (χ0) is 17.8. The molecule has 6 heteroatoms. The van der Waals surface area contributed by atoms with E-state index >= 15 is 0 Å². The van der Waals surface area contributed by atoms with Crippen molar-refractivity contribution < 1.29 is 14.3 Å². The SMILES string of the molecule is CC(=O)c1ccc(OC(=O)Cc2csc(-c3ccc(Cl)cc3)n2)cc1. The number of Topliss-reactive ketones (excluding diaryl/α,β-unsaturated/α-hetero) is 1. The first-order valence-corrected chi connectivity index (χ1v) is 8.79. The molecule has 4 nitrogen and oxygen atoms in total. The van der Waals surface area contributed by atoms with E-state index in [4.69, 9.17) is 16.3 Å². The van der Waals surface area contributed by atoms with Crippen molar-refractivity contribution in [2.75, 3.05) is 0 Å². The molecule has 0 saturated heterocycles. The molecule has 3 rings (SSSR count). The minimum Gasteiger partial charge on any atom is -0.426 e. The molecule has 0 atom stereocenters. The number of rotatable bonds is 5. The monoisotopic (exact) mass is 371 g/mol. The number of aromatic nitrogens is 1. The molecule has 25 heavy (non-hydrogen) atoms. The largest absolute Gasteiger partial charge is 0.426 e. The topological polar surface area (TPSA) is 56.3 Å². The van der Waals surface area contributed by atoms with Crippen molar-refractivity contribution in [3.63, 3.8) is 0 Å². The lowest BCUT2D eigenvalue weighted by atomic mass is 10.1. The average Bonchev–Trinajstić information content (AvgIpc) is 3.04. The summed E-state index contributed by atoms with van der Waals surface area (Å²) in [6, 6.07) is 13.9. The Hall–Kier alpha value is -2.50. The lowest BCUT2D eigenvalue weighted by molar-refractivity contribution is -0.133. The summed E-state index contributed by atoms with van der Waals surface area (Å²) in [6.45, 7) is 1.49. The van der Waals surface area contributed by atoms with Crippen molar-refractivity contribution in [3.05, 3.63) is 70.2 Å². The number of thiazole rings is 1. The van der Waals surface area contributed by atoms with Crippen LogP contribution in [-0.2, 0) is 11.2 Å². The minimum atomic E-state index is -0.400. The Morgan fingerprint density at radius 2 is 1.76 bits per heavy atom. The van der Waals surface area contributed by atoms with Gasteiger partial charge < -0.3 is 4.74 Å². The zero-order valence-electron chi connectivity index (χ0n) is 13.4. The molecule has 0 aliphatic carbocycles. The lowest BCUT2D eigenvalue weighted by Crippen LogP contribution is -2.11. The van der Waals surface area contributed by atoms with Crippen LogP contribution in [0.4, 0.5) is 0 Å². The first-order valence-electron chi connectivity index (χ1n) is 7.53. The van der Waals surface area contributed by atoms with E-state index in [1.807, 2.05) is 17.5 Å². The number of hydrogen-bond donors (Lipinski definition) is 0. The van der Waals surface area contributed by atoms with Gasteiger partial charge in [-0.15, -0.1) is 11.3 Å². The Morgan fingerprint density at radius 1 is 1.08 bits per heavy atom. The smallest absolute Gasteiger partial charge is 0.317 e. The van der Waals surface area contributed by atoms with Crippen LogP contribution in [0.5, 0.6) is 5.75 Å². The predicted octanol–water partition coefficient (Wildman–Crippen LogP) is 4.81. The minimum absolute atomic E-state index is 0.0323. The van der Waals surface area contributed by atoms with Gasteiger partial charge in [-0.3, -0.25) is 9.59 Å². The summed E-state index contributed by atoms with van der Waals surface area (Å²) in [5.41, 5.74) is 2.18. The van der Waals surface area contributed by atoms with Gasteiger partial charge in [0.05, 0.1) is 12.1 Å². The number of benzene rings is 2. The number of carbonyl (C=O) groups excluding carboxylic acids is 2. The Labute approximate surface area is 154 Å². The van der Waals surface area contributed by atoms with Crippen molar-refractivity contribution in [2.24, 2.45) is 0 Å². The molecule has 126 valence electrons. The van der Waals surface area contributed by atoms with Gasteiger partial charge >= 0.3 is 5.97 Å². The Kier molecular flexibility index (Phi) is 5.26. The Bertz CT molecular complexity index is 901. The van der Waals surface area contributed by atoms with Gasteiger partial charge in [0.2, 0.25) is 0 Å². The molecule has 0 amide bonds. The summed E-state index contributed by atoms with van der Waals surface area (Å²) in [7, 11) is 0. The molecule has 0 radical (unpaired) electrons. The highest BCUT2D eigenvalue weighted by Gasteiger charge is 2.11. The van der Waals surface area contributed by atoms with Gasteiger partial charge in [-0.05, 0) is 43.3 Å². The van der Waals surface area contributed by atoms with E-state index in [2.05, 4.69) is 4.98 Å². The van der Waals surface area contributed by atoms with Crippen LogP contribution in [0.1, 0.15) is 23.0 Å². The maximum Gasteiger partial charge on any atom is 0.317 e. The van der Waals surface area contributed by atoms with E-state index in [1.165, 1.54) is 18.3 Å². The molecule has 0 N–H and O–H groups in total. The maximum atomic E-state index is 12.0. The Balaban J connectivity index is 1.63. The second kappa shape index (κ2) is 7.59. The van der Waals surface area contributed by atoms with Gasteiger partial charge in [0.25, 0.3) is 0 Å². The van der Waals surface area contributed by atoms with Gasteiger partial charge in [0.1, 0.15) is 10.8 Å². The van der Waals surface area contributed by atoms with Gasteiger partial charge in [-0.25, -0.2) is 4.98 Å². The van der Waals surface area contributed by atoms with E-state index in [0.717, 1.165) is 10.6 Å². The number of nitrogens with zero attached hydrogens (tertiary/aromatic N) is 1. The highest BCUT2D eigenvalue weighted by molar-refractivity contribution is 7.13. The second-order valence-electron chi connectivity index (χ2n) is 5.38. The lowest BCUT2D eigenvalue weighted by Gasteiger charge is -2.03. The maximum absolute atomic E-state index is 12.0. The van der Waals surface area contributed by atoms with Crippen LogP contribution in [0.3, 0.4) is 0 Å². The fourth-order valence-electron chi connectivity index (χ4n) is 2.19. The normalized spacial score (nSPS) is 10.5. The number of esters is 1. The predicted molar refractivity (Wildman–Crippen MR) is 98.3 cm³/mol. The van der Waals surface area contributed by atoms with Crippen molar-refractivity contribution in [1.29, 1.82) is 0 Å². The molecule has 0 spiro atoms. The molecular weight excluding hydrogens is 358 g/mol. The third-order valence-corrected chi connectivity index (χ3v) is 4.65. The van der Waals surface area contributed by atoms with Crippen LogP contribution in [0.15, 0.2) is 53.9 Å². The molecule has 1 heterocycles. The second-order valence-corrected chi connectivity index (χ2v) is 6.68. The van der Waals surface area contributed by atoms with E-state index < -0.39 is 5.97 Å². The summed E-state index contributed by atoms with van der Waals surface area (Å²) < 4.78 is 5.28. The third kappa shape index (κ3) is 4.53. The van der Waals surface area contributed by atoms with E-state index in [9.17, 15) is 9.59 Å². The van der Waals surface area contributed by atoms with Crippen LogP contribution in [-0.4, -0.2) is 16.7 Å². The summed E-state index contributed by atoms with van der Waals surface area (Å²) in [4.78, 5) is 27.7. The Morgan fingerprint density at radius 3 is 2.40 bits per heavy atom. The average molecular weight is 372 g/mol. The van der Waals surface area contributed by atoms with Crippen molar-refractivity contribution in [3.8, 4) is 16.3 Å². The molecule has 3 aromatic rings. The van der Waals surface area contributed by atoms with Crippen LogP contribution in [0, 0.1) is 0 Å². The fraction of sp³-hybridized carbons (Fsp3) is 0.105. The van der Waals surface area contributed by atoms with Crippen LogP contribution in [0.25, 0.3) is 10.6 Å². The summed E-state index contributed by atoms with van der Waals surface area (Å²) >= 11 is 7.34. The number of halogens is 1.